The van der Waals surface area contributed by atoms with Crippen molar-refractivity contribution in [3.63, 3.8) is 0 Å². The van der Waals surface area contributed by atoms with E-state index in [9.17, 15) is 9.90 Å². The summed E-state index contributed by atoms with van der Waals surface area (Å²) < 4.78 is 0. The Morgan fingerprint density at radius 3 is 3.00 bits per heavy atom. The van der Waals surface area contributed by atoms with Gasteiger partial charge in [-0.15, -0.1) is 0 Å². The van der Waals surface area contributed by atoms with Crippen LogP contribution >= 0.6 is 11.8 Å². The highest BCUT2D eigenvalue weighted by atomic mass is 32.2. The average Bonchev–Trinajstić information content (AvgIpc) is 2.75. The molecule has 0 spiro atoms. The quantitative estimate of drug-likeness (QED) is 0.792. The van der Waals surface area contributed by atoms with Crippen molar-refractivity contribution < 1.29 is 9.90 Å². The standard InChI is InChI=1S/C14H18N2O2S/c1-3-4-5-12(13(17)18)19-14-15-10-7-6-9(2)8-11(10)16-14/h6-8,12H,3-5H2,1-2H3,(H,15,16)(H,17,18). The van der Waals surface area contributed by atoms with Gasteiger partial charge in [0.05, 0.1) is 11.0 Å². The number of carbonyl (C=O) groups is 1. The summed E-state index contributed by atoms with van der Waals surface area (Å²) in [5, 5.41) is 9.47. The molecule has 2 rings (SSSR count). The minimum atomic E-state index is -0.768. The fraction of sp³-hybridized carbons (Fsp3) is 0.429. The Kier molecular flexibility index (Phi) is 4.47. The average molecular weight is 278 g/mol. The van der Waals surface area contributed by atoms with Crippen LogP contribution in [0, 0.1) is 6.92 Å². The molecule has 102 valence electrons. The van der Waals surface area contributed by atoms with Crippen LogP contribution in [0.3, 0.4) is 0 Å². The van der Waals surface area contributed by atoms with Crippen molar-refractivity contribution >= 4 is 28.8 Å². The van der Waals surface area contributed by atoms with E-state index in [-0.39, 0.29) is 0 Å². The van der Waals surface area contributed by atoms with Gasteiger partial charge in [-0.25, -0.2) is 4.98 Å². The first kappa shape index (κ1) is 13.9. The first-order valence-electron chi connectivity index (χ1n) is 6.46. The van der Waals surface area contributed by atoms with Crippen molar-refractivity contribution in [2.45, 2.75) is 43.5 Å². The molecule has 19 heavy (non-hydrogen) atoms. The number of H-pyrrole nitrogens is 1. The van der Waals surface area contributed by atoms with Crippen molar-refractivity contribution in [1.82, 2.24) is 9.97 Å². The number of imidazole rings is 1. The maximum absolute atomic E-state index is 11.2. The van der Waals surface area contributed by atoms with Crippen LogP contribution in [-0.4, -0.2) is 26.3 Å². The van der Waals surface area contributed by atoms with E-state index in [0.29, 0.717) is 11.6 Å². The molecule has 5 heteroatoms. The number of hydrogen-bond acceptors (Lipinski definition) is 3. The van der Waals surface area contributed by atoms with Crippen LogP contribution in [0.1, 0.15) is 31.7 Å². The Hall–Kier alpha value is -1.49. The second-order valence-corrected chi connectivity index (χ2v) is 5.84. The molecule has 4 nitrogen and oxygen atoms in total. The lowest BCUT2D eigenvalue weighted by atomic mass is 10.2. The Bertz CT molecular complexity index is 580. The molecule has 0 fully saturated rings. The molecule has 0 aliphatic heterocycles. The minimum absolute atomic E-state index is 0.429. The number of carboxylic acid groups (broad SMARTS) is 1. The Labute approximate surface area is 116 Å². The smallest absolute Gasteiger partial charge is 0.317 e. The number of benzene rings is 1. The van der Waals surface area contributed by atoms with E-state index in [1.54, 1.807) is 0 Å². The molecule has 0 saturated carbocycles. The molecule has 0 aliphatic carbocycles. The highest BCUT2D eigenvalue weighted by Crippen LogP contribution is 2.27. The molecule has 1 heterocycles. The summed E-state index contributed by atoms with van der Waals surface area (Å²) >= 11 is 1.30. The summed E-state index contributed by atoms with van der Waals surface area (Å²) in [4.78, 5) is 18.8. The number of aromatic nitrogens is 2. The highest BCUT2D eigenvalue weighted by molar-refractivity contribution is 8.00. The third-order valence-electron chi connectivity index (χ3n) is 2.96. The van der Waals surface area contributed by atoms with Crippen molar-refractivity contribution in [1.29, 1.82) is 0 Å². The molecular weight excluding hydrogens is 260 g/mol. The summed E-state index contributed by atoms with van der Waals surface area (Å²) in [6.45, 7) is 4.09. The summed E-state index contributed by atoms with van der Waals surface area (Å²) in [5.41, 5.74) is 3.00. The molecule has 0 bridgehead atoms. The largest absolute Gasteiger partial charge is 0.480 e. The molecular formula is C14H18N2O2S. The van der Waals surface area contributed by atoms with Gasteiger partial charge in [-0.1, -0.05) is 37.6 Å². The summed E-state index contributed by atoms with van der Waals surface area (Å²) in [6, 6.07) is 5.98. The number of aromatic amines is 1. The van der Waals surface area contributed by atoms with Gasteiger partial charge < -0.3 is 10.1 Å². The van der Waals surface area contributed by atoms with Gasteiger partial charge in [-0.2, -0.15) is 0 Å². The number of aliphatic carboxylic acids is 1. The zero-order valence-electron chi connectivity index (χ0n) is 11.1. The molecule has 1 atom stereocenters. The zero-order valence-corrected chi connectivity index (χ0v) is 12.0. The van der Waals surface area contributed by atoms with Crippen LogP contribution in [-0.2, 0) is 4.79 Å². The number of aryl methyl sites for hydroxylation is 1. The first-order valence-corrected chi connectivity index (χ1v) is 7.34. The highest BCUT2D eigenvalue weighted by Gasteiger charge is 2.20. The van der Waals surface area contributed by atoms with Gasteiger partial charge >= 0.3 is 5.97 Å². The van der Waals surface area contributed by atoms with Crippen molar-refractivity contribution in [3.05, 3.63) is 23.8 Å². The third-order valence-corrected chi connectivity index (χ3v) is 4.10. The van der Waals surface area contributed by atoms with E-state index in [0.717, 1.165) is 29.4 Å². The minimum Gasteiger partial charge on any atom is -0.480 e. The first-order chi connectivity index (χ1) is 9.10. The molecule has 1 aromatic carbocycles. The molecule has 0 radical (unpaired) electrons. The van der Waals surface area contributed by atoms with Crippen LogP contribution in [0.2, 0.25) is 0 Å². The van der Waals surface area contributed by atoms with Crippen LogP contribution in [0.15, 0.2) is 23.4 Å². The van der Waals surface area contributed by atoms with Gasteiger partial charge in [0.1, 0.15) is 5.25 Å². The summed E-state index contributed by atoms with van der Waals surface area (Å²) in [6.07, 6.45) is 2.60. The van der Waals surface area contributed by atoms with E-state index < -0.39 is 11.2 Å². The maximum atomic E-state index is 11.2. The predicted molar refractivity (Wildman–Crippen MR) is 77.6 cm³/mol. The maximum Gasteiger partial charge on any atom is 0.317 e. The SMILES string of the molecule is CCCCC(Sc1nc2ccc(C)cc2[nH]1)C(=O)O. The molecule has 2 aromatic rings. The van der Waals surface area contributed by atoms with Crippen molar-refractivity contribution in [2.24, 2.45) is 0 Å². The molecule has 1 unspecified atom stereocenters. The molecule has 2 N–H and O–H groups in total. The fourth-order valence-electron chi connectivity index (χ4n) is 1.91. The van der Waals surface area contributed by atoms with E-state index >= 15 is 0 Å². The van der Waals surface area contributed by atoms with Crippen LogP contribution < -0.4 is 0 Å². The van der Waals surface area contributed by atoms with Gasteiger partial charge in [-0.05, 0) is 31.0 Å². The number of carboxylic acids is 1. The van der Waals surface area contributed by atoms with E-state index in [4.69, 9.17) is 0 Å². The van der Waals surface area contributed by atoms with E-state index in [2.05, 4.69) is 16.9 Å². The fourth-order valence-corrected chi connectivity index (χ4v) is 2.89. The van der Waals surface area contributed by atoms with Gasteiger partial charge in [0.25, 0.3) is 0 Å². The number of rotatable bonds is 6. The van der Waals surface area contributed by atoms with Crippen LogP contribution in [0.25, 0.3) is 11.0 Å². The summed E-state index contributed by atoms with van der Waals surface area (Å²) in [5.74, 6) is -0.768. The predicted octanol–water partition coefficient (Wildman–Crippen LogP) is 3.61. The van der Waals surface area contributed by atoms with E-state index in [1.165, 1.54) is 11.8 Å². The monoisotopic (exact) mass is 278 g/mol. The number of thioether (sulfide) groups is 1. The van der Waals surface area contributed by atoms with Crippen LogP contribution in [0.4, 0.5) is 0 Å². The number of hydrogen-bond donors (Lipinski definition) is 2. The third kappa shape index (κ3) is 3.50. The molecule has 0 amide bonds. The van der Waals surface area contributed by atoms with Crippen LogP contribution in [0.5, 0.6) is 0 Å². The molecule has 0 saturated heterocycles. The van der Waals surface area contributed by atoms with Crippen molar-refractivity contribution in [2.75, 3.05) is 0 Å². The Balaban J connectivity index is 2.16. The van der Waals surface area contributed by atoms with E-state index in [1.807, 2.05) is 25.1 Å². The normalized spacial score (nSPS) is 12.7. The van der Waals surface area contributed by atoms with Crippen molar-refractivity contribution in [3.8, 4) is 0 Å². The molecule has 0 aliphatic rings. The number of nitrogens with one attached hydrogen (secondary N) is 1. The second kappa shape index (κ2) is 6.10. The Morgan fingerprint density at radius 1 is 1.53 bits per heavy atom. The lowest BCUT2D eigenvalue weighted by molar-refractivity contribution is -0.136. The number of fused-ring (bicyclic) bond motifs is 1. The second-order valence-electron chi connectivity index (χ2n) is 4.65. The number of unbranched alkanes of at least 4 members (excludes halogenated alkanes) is 1. The van der Waals surface area contributed by atoms with Gasteiger partial charge in [0.15, 0.2) is 5.16 Å². The topological polar surface area (TPSA) is 66.0 Å². The lowest BCUT2D eigenvalue weighted by Crippen LogP contribution is -2.16. The van der Waals surface area contributed by atoms with Gasteiger partial charge in [0, 0.05) is 0 Å². The molecule has 1 aromatic heterocycles. The van der Waals surface area contributed by atoms with Gasteiger partial charge in [-0.3, -0.25) is 4.79 Å². The van der Waals surface area contributed by atoms with Gasteiger partial charge in [0.2, 0.25) is 0 Å². The summed E-state index contributed by atoms with van der Waals surface area (Å²) in [7, 11) is 0. The zero-order chi connectivity index (χ0) is 13.8. The Morgan fingerprint density at radius 2 is 2.32 bits per heavy atom. The lowest BCUT2D eigenvalue weighted by Gasteiger charge is -2.08. The number of nitrogens with zero attached hydrogens (tertiary/aromatic N) is 1.